The maximum atomic E-state index is 12.3. The third-order valence-electron chi connectivity index (χ3n) is 3.32. The van der Waals surface area contributed by atoms with Gasteiger partial charge in [-0.05, 0) is 25.8 Å². The summed E-state index contributed by atoms with van der Waals surface area (Å²) in [6.45, 7) is 3.51. The van der Waals surface area contributed by atoms with Crippen LogP contribution in [0, 0.1) is 0 Å². The second-order valence-electron chi connectivity index (χ2n) is 4.63. The zero-order valence-corrected chi connectivity index (χ0v) is 12.5. The van der Waals surface area contributed by atoms with Crippen molar-refractivity contribution in [3.05, 3.63) is 35.9 Å². The van der Waals surface area contributed by atoms with Crippen molar-refractivity contribution < 1.29 is 24.2 Å². The van der Waals surface area contributed by atoms with Crippen molar-refractivity contribution in [3.63, 3.8) is 0 Å². The number of carbonyl (C=O) groups excluding carboxylic acids is 2. The number of rotatable bonds is 8. The fraction of sp³-hybridized carbons (Fsp3) is 0.500. The van der Waals surface area contributed by atoms with Crippen molar-refractivity contribution in [2.75, 3.05) is 19.8 Å². The maximum absolute atomic E-state index is 12.3. The Balaban J connectivity index is 3.03. The summed E-state index contributed by atoms with van der Waals surface area (Å²) in [4.78, 5) is 23.9. The SMILES string of the molecule is CCOC(=O)CC[C@](CO)(C(=O)OCC)c1ccccc1. The lowest BCUT2D eigenvalue weighted by atomic mass is 9.77. The molecule has 0 aliphatic heterocycles. The second kappa shape index (κ2) is 8.42. The number of benzene rings is 1. The molecule has 1 N–H and O–H groups in total. The van der Waals surface area contributed by atoms with Gasteiger partial charge in [0.15, 0.2) is 0 Å². The van der Waals surface area contributed by atoms with Gasteiger partial charge in [0, 0.05) is 6.42 Å². The molecule has 116 valence electrons. The van der Waals surface area contributed by atoms with Gasteiger partial charge in [0.1, 0.15) is 5.41 Å². The van der Waals surface area contributed by atoms with Crippen LogP contribution in [0.4, 0.5) is 0 Å². The predicted molar refractivity (Wildman–Crippen MR) is 77.7 cm³/mol. The van der Waals surface area contributed by atoms with Gasteiger partial charge in [0.2, 0.25) is 0 Å². The molecule has 0 aliphatic rings. The zero-order chi connectivity index (χ0) is 15.7. The van der Waals surface area contributed by atoms with Crippen molar-refractivity contribution in [2.24, 2.45) is 0 Å². The number of ether oxygens (including phenoxy) is 2. The summed E-state index contributed by atoms with van der Waals surface area (Å²) in [5, 5.41) is 9.82. The Bertz CT molecular complexity index is 457. The van der Waals surface area contributed by atoms with Crippen molar-refractivity contribution in [2.45, 2.75) is 32.1 Å². The molecule has 0 heterocycles. The molecule has 0 fully saturated rings. The molecule has 0 amide bonds. The molecule has 0 saturated carbocycles. The van der Waals surface area contributed by atoms with Crippen LogP contribution in [0.25, 0.3) is 0 Å². The highest BCUT2D eigenvalue weighted by Crippen LogP contribution is 2.31. The van der Waals surface area contributed by atoms with Crippen LogP contribution in [0.2, 0.25) is 0 Å². The fourth-order valence-electron chi connectivity index (χ4n) is 2.17. The first-order chi connectivity index (χ1) is 10.1. The van der Waals surface area contributed by atoms with Crippen LogP contribution in [0.1, 0.15) is 32.3 Å². The smallest absolute Gasteiger partial charge is 0.318 e. The van der Waals surface area contributed by atoms with E-state index in [0.717, 1.165) is 0 Å². The Morgan fingerprint density at radius 3 is 2.24 bits per heavy atom. The molecule has 5 heteroatoms. The first kappa shape index (κ1) is 17.2. The second-order valence-corrected chi connectivity index (χ2v) is 4.63. The standard InChI is InChI=1S/C16H22O5/c1-3-20-14(18)10-11-16(12-17,15(19)21-4-2)13-8-6-5-7-9-13/h5-9,17H,3-4,10-12H2,1-2H3/t16-/m1/s1. The molecule has 0 spiro atoms. The number of hydrogen-bond donors (Lipinski definition) is 1. The number of hydrogen-bond acceptors (Lipinski definition) is 5. The Hall–Kier alpha value is -1.88. The monoisotopic (exact) mass is 294 g/mol. The van der Waals surface area contributed by atoms with Crippen LogP contribution in [-0.2, 0) is 24.5 Å². The summed E-state index contributed by atoms with van der Waals surface area (Å²) in [5.41, 5.74) is -0.598. The van der Waals surface area contributed by atoms with Gasteiger partial charge in [0.25, 0.3) is 0 Å². The van der Waals surface area contributed by atoms with E-state index in [0.29, 0.717) is 5.56 Å². The number of esters is 2. The highest BCUT2D eigenvalue weighted by atomic mass is 16.5. The Morgan fingerprint density at radius 1 is 1.10 bits per heavy atom. The predicted octanol–water partition coefficient (Wildman–Crippen LogP) is 1.82. The van der Waals surface area contributed by atoms with Crippen molar-refractivity contribution >= 4 is 11.9 Å². The van der Waals surface area contributed by atoms with Gasteiger partial charge in [0.05, 0.1) is 19.8 Å². The molecule has 1 aromatic carbocycles. The van der Waals surface area contributed by atoms with Gasteiger partial charge in [-0.2, -0.15) is 0 Å². The van der Waals surface area contributed by atoms with Crippen molar-refractivity contribution in [1.29, 1.82) is 0 Å². The van der Waals surface area contributed by atoms with Crippen LogP contribution < -0.4 is 0 Å². The van der Waals surface area contributed by atoms with Gasteiger partial charge >= 0.3 is 11.9 Å². The van der Waals surface area contributed by atoms with Crippen LogP contribution in [0.5, 0.6) is 0 Å². The average molecular weight is 294 g/mol. The third kappa shape index (κ3) is 4.29. The van der Waals surface area contributed by atoms with Gasteiger partial charge in [-0.3, -0.25) is 9.59 Å². The Kier molecular flexibility index (Phi) is 6.88. The minimum Gasteiger partial charge on any atom is -0.466 e. The molecular weight excluding hydrogens is 272 g/mol. The summed E-state index contributed by atoms with van der Waals surface area (Å²) in [6.07, 6.45) is 0.188. The highest BCUT2D eigenvalue weighted by molar-refractivity contribution is 5.84. The minimum atomic E-state index is -1.23. The Labute approximate surface area is 124 Å². The van der Waals surface area contributed by atoms with E-state index in [-0.39, 0.29) is 26.1 Å². The van der Waals surface area contributed by atoms with E-state index >= 15 is 0 Å². The normalized spacial score (nSPS) is 13.3. The molecule has 1 aromatic rings. The molecule has 0 unspecified atom stereocenters. The molecule has 0 radical (unpaired) electrons. The Morgan fingerprint density at radius 2 is 1.71 bits per heavy atom. The fourth-order valence-corrected chi connectivity index (χ4v) is 2.17. The van der Waals surface area contributed by atoms with E-state index in [2.05, 4.69) is 0 Å². The minimum absolute atomic E-state index is 0.0438. The number of carbonyl (C=O) groups is 2. The maximum Gasteiger partial charge on any atom is 0.318 e. The summed E-state index contributed by atoms with van der Waals surface area (Å²) in [7, 11) is 0. The van der Waals surface area contributed by atoms with Gasteiger partial charge < -0.3 is 14.6 Å². The summed E-state index contributed by atoms with van der Waals surface area (Å²) in [5.74, 6) is -0.918. The lowest BCUT2D eigenvalue weighted by Crippen LogP contribution is -2.41. The highest BCUT2D eigenvalue weighted by Gasteiger charge is 2.41. The van der Waals surface area contributed by atoms with E-state index in [9.17, 15) is 14.7 Å². The van der Waals surface area contributed by atoms with E-state index < -0.39 is 24.0 Å². The molecule has 0 saturated heterocycles. The van der Waals surface area contributed by atoms with Crippen LogP contribution in [-0.4, -0.2) is 36.9 Å². The first-order valence-electron chi connectivity index (χ1n) is 7.10. The van der Waals surface area contributed by atoms with E-state index in [1.165, 1.54) is 0 Å². The largest absolute Gasteiger partial charge is 0.466 e. The lowest BCUT2D eigenvalue weighted by molar-refractivity contribution is -0.153. The summed E-state index contributed by atoms with van der Waals surface area (Å²) < 4.78 is 9.98. The summed E-state index contributed by atoms with van der Waals surface area (Å²) >= 11 is 0. The van der Waals surface area contributed by atoms with E-state index in [4.69, 9.17) is 9.47 Å². The molecule has 5 nitrogen and oxygen atoms in total. The molecular formula is C16H22O5. The molecule has 0 aliphatic carbocycles. The number of aliphatic hydroxyl groups excluding tert-OH is 1. The van der Waals surface area contributed by atoms with E-state index in [1.807, 2.05) is 6.07 Å². The topological polar surface area (TPSA) is 72.8 Å². The third-order valence-corrected chi connectivity index (χ3v) is 3.32. The zero-order valence-electron chi connectivity index (χ0n) is 12.5. The van der Waals surface area contributed by atoms with Gasteiger partial charge in [-0.25, -0.2) is 0 Å². The molecule has 0 aromatic heterocycles. The van der Waals surface area contributed by atoms with Crippen LogP contribution in [0.15, 0.2) is 30.3 Å². The van der Waals surface area contributed by atoms with Crippen molar-refractivity contribution in [3.8, 4) is 0 Å². The molecule has 1 atom stereocenters. The molecule has 21 heavy (non-hydrogen) atoms. The summed E-state index contributed by atoms with van der Waals surface area (Å²) in [6, 6.07) is 8.88. The van der Waals surface area contributed by atoms with Crippen LogP contribution in [0.3, 0.4) is 0 Å². The first-order valence-corrected chi connectivity index (χ1v) is 7.10. The van der Waals surface area contributed by atoms with Gasteiger partial charge in [-0.15, -0.1) is 0 Å². The average Bonchev–Trinajstić information content (AvgIpc) is 2.50. The van der Waals surface area contributed by atoms with Crippen molar-refractivity contribution in [1.82, 2.24) is 0 Å². The quantitative estimate of drug-likeness (QED) is 0.740. The van der Waals surface area contributed by atoms with Crippen LogP contribution >= 0.6 is 0 Å². The molecule has 0 bridgehead atoms. The van der Waals surface area contributed by atoms with Gasteiger partial charge in [-0.1, -0.05) is 30.3 Å². The molecule has 1 rings (SSSR count). The lowest BCUT2D eigenvalue weighted by Gasteiger charge is -2.29. The van der Waals surface area contributed by atoms with E-state index in [1.54, 1.807) is 38.1 Å². The number of aliphatic hydroxyl groups is 1.